The van der Waals surface area contributed by atoms with Crippen molar-refractivity contribution >= 4 is 12.1 Å². The van der Waals surface area contributed by atoms with E-state index in [1.165, 1.54) is 6.20 Å². The zero-order chi connectivity index (χ0) is 19.0. The lowest BCUT2D eigenvalue weighted by Crippen LogP contribution is -2.45. The lowest BCUT2D eigenvalue weighted by molar-refractivity contribution is -0.144. The van der Waals surface area contributed by atoms with Crippen molar-refractivity contribution in [2.75, 3.05) is 6.61 Å². The highest BCUT2D eigenvalue weighted by Gasteiger charge is 2.26. The highest BCUT2D eigenvalue weighted by Crippen LogP contribution is 2.11. The van der Waals surface area contributed by atoms with Crippen LogP contribution < -0.4 is 5.32 Å². The van der Waals surface area contributed by atoms with Gasteiger partial charge in [0.25, 0.3) is 0 Å². The SMILES string of the molecule is Cc1cc(C[C@H](NC(=O)OC(C)(C)C)C(=O)OCC#N)cnc1C#N. The highest BCUT2D eigenvalue weighted by molar-refractivity contribution is 5.81. The molecule has 1 amide bonds. The molecule has 0 radical (unpaired) electrons. The van der Waals surface area contributed by atoms with Gasteiger partial charge in [0.2, 0.25) is 0 Å². The van der Waals surface area contributed by atoms with Crippen molar-refractivity contribution in [3.63, 3.8) is 0 Å². The number of aryl methyl sites for hydroxylation is 1. The molecule has 8 nitrogen and oxygen atoms in total. The van der Waals surface area contributed by atoms with Gasteiger partial charge in [0, 0.05) is 12.6 Å². The number of carbonyl (C=O) groups excluding carboxylic acids is 2. The molecule has 0 saturated heterocycles. The lowest BCUT2D eigenvalue weighted by Gasteiger charge is -2.22. The van der Waals surface area contributed by atoms with Gasteiger partial charge in [-0.1, -0.05) is 6.07 Å². The summed E-state index contributed by atoms with van der Waals surface area (Å²) in [5.41, 5.74) is 0.845. The molecule has 0 fully saturated rings. The summed E-state index contributed by atoms with van der Waals surface area (Å²) in [6, 6.07) is 4.31. The summed E-state index contributed by atoms with van der Waals surface area (Å²) >= 11 is 0. The van der Waals surface area contributed by atoms with Gasteiger partial charge >= 0.3 is 12.1 Å². The fraction of sp³-hybridized carbons (Fsp3) is 0.471. The van der Waals surface area contributed by atoms with Gasteiger partial charge in [-0.15, -0.1) is 0 Å². The Kier molecular flexibility index (Phi) is 6.89. The number of nitrogens with zero attached hydrogens (tertiary/aromatic N) is 3. The summed E-state index contributed by atoms with van der Waals surface area (Å²) in [7, 11) is 0. The zero-order valence-electron chi connectivity index (χ0n) is 14.6. The first-order valence-corrected chi connectivity index (χ1v) is 7.55. The lowest BCUT2D eigenvalue weighted by atomic mass is 10.1. The van der Waals surface area contributed by atoms with E-state index in [4.69, 9.17) is 20.0 Å². The van der Waals surface area contributed by atoms with E-state index in [1.54, 1.807) is 39.8 Å². The first-order chi connectivity index (χ1) is 11.7. The van der Waals surface area contributed by atoms with Crippen LogP contribution in [0.2, 0.25) is 0 Å². The summed E-state index contributed by atoms with van der Waals surface area (Å²) in [4.78, 5) is 28.0. The number of hydrogen-bond acceptors (Lipinski definition) is 7. The number of aromatic nitrogens is 1. The fourth-order valence-electron chi connectivity index (χ4n) is 1.94. The highest BCUT2D eigenvalue weighted by atomic mass is 16.6. The third-order valence-corrected chi connectivity index (χ3v) is 2.94. The van der Waals surface area contributed by atoms with E-state index in [-0.39, 0.29) is 12.1 Å². The van der Waals surface area contributed by atoms with E-state index in [0.29, 0.717) is 11.1 Å². The summed E-state index contributed by atoms with van der Waals surface area (Å²) in [5.74, 6) is -0.755. The van der Waals surface area contributed by atoms with Crippen LogP contribution in [0.3, 0.4) is 0 Å². The van der Waals surface area contributed by atoms with Crippen LogP contribution in [0.5, 0.6) is 0 Å². The number of esters is 1. The van der Waals surface area contributed by atoms with E-state index in [9.17, 15) is 9.59 Å². The molecule has 8 heteroatoms. The predicted molar refractivity (Wildman–Crippen MR) is 87.1 cm³/mol. The van der Waals surface area contributed by atoms with Crippen LogP contribution in [0.25, 0.3) is 0 Å². The molecule has 0 aromatic carbocycles. The van der Waals surface area contributed by atoms with Crippen LogP contribution in [0, 0.1) is 29.6 Å². The number of carbonyl (C=O) groups is 2. The second kappa shape index (κ2) is 8.65. The predicted octanol–water partition coefficient (Wildman–Crippen LogP) is 1.76. The minimum absolute atomic E-state index is 0.0864. The van der Waals surface area contributed by atoms with Crippen molar-refractivity contribution in [2.45, 2.75) is 45.8 Å². The molecule has 0 aliphatic rings. The minimum atomic E-state index is -1.04. The van der Waals surface area contributed by atoms with Crippen LogP contribution in [0.15, 0.2) is 12.3 Å². The average molecular weight is 344 g/mol. The summed E-state index contributed by atoms with van der Waals surface area (Å²) in [6.45, 7) is 6.39. The van der Waals surface area contributed by atoms with E-state index < -0.39 is 30.3 Å². The van der Waals surface area contributed by atoms with E-state index >= 15 is 0 Å². The first-order valence-electron chi connectivity index (χ1n) is 7.55. The Morgan fingerprint density at radius 3 is 2.56 bits per heavy atom. The third-order valence-electron chi connectivity index (χ3n) is 2.94. The Bertz CT molecular complexity index is 726. The molecule has 0 aliphatic carbocycles. The van der Waals surface area contributed by atoms with Crippen molar-refractivity contribution < 1.29 is 19.1 Å². The van der Waals surface area contributed by atoms with Gasteiger partial charge in [0.05, 0.1) is 0 Å². The molecule has 25 heavy (non-hydrogen) atoms. The first kappa shape index (κ1) is 19.9. The van der Waals surface area contributed by atoms with Gasteiger partial charge in [-0.3, -0.25) is 0 Å². The standard InChI is InChI=1S/C17H20N4O4/c1-11-7-12(10-20-14(11)9-19)8-13(15(22)24-6-5-18)21-16(23)25-17(2,3)4/h7,10,13H,6,8H2,1-4H3,(H,21,23)/t13-/m0/s1. The zero-order valence-corrected chi connectivity index (χ0v) is 14.6. The third kappa shape index (κ3) is 6.88. The summed E-state index contributed by atoms with van der Waals surface area (Å²) in [6.07, 6.45) is 0.764. The fourth-order valence-corrected chi connectivity index (χ4v) is 1.94. The number of ether oxygens (including phenoxy) is 2. The molecule has 1 aromatic rings. The quantitative estimate of drug-likeness (QED) is 0.807. The van der Waals surface area contributed by atoms with Crippen LogP contribution in [0.1, 0.15) is 37.6 Å². The monoisotopic (exact) mass is 344 g/mol. The summed E-state index contributed by atoms with van der Waals surface area (Å²) < 4.78 is 9.93. The second-order valence-corrected chi connectivity index (χ2v) is 6.29. The maximum atomic E-state index is 12.1. The smallest absolute Gasteiger partial charge is 0.408 e. The number of rotatable bonds is 5. The van der Waals surface area contributed by atoms with Crippen molar-refractivity contribution in [1.29, 1.82) is 10.5 Å². The van der Waals surface area contributed by atoms with Gasteiger partial charge in [-0.25, -0.2) is 14.6 Å². The molecule has 0 saturated carbocycles. The van der Waals surface area contributed by atoms with E-state index in [0.717, 1.165) is 0 Å². The number of hydrogen-bond donors (Lipinski definition) is 1. The second-order valence-electron chi connectivity index (χ2n) is 6.29. The molecular weight excluding hydrogens is 324 g/mol. The van der Waals surface area contributed by atoms with Crippen LogP contribution in [-0.4, -0.2) is 35.3 Å². The van der Waals surface area contributed by atoms with Crippen LogP contribution in [0.4, 0.5) is 4.79 Å². The normalized spacial score (nSPS) is 11.6. The molecule has 0 aliphatic heterocycles. The van der Waals surface area contributed by atoms with Gasteiger partial charge in [-0.05, 0) is 38.8 Å². The number of amides is 1. The molecule has 1 N–H and O–H groups in total. The molecule has 1 atom stereocenters. The number of nitriles is 2. The van der Waals surface area contributed by atoms with Crippen molar-refractivity contribution in [1.82, 2.24) is 10.3 Å². The van der Waals surface area contributed by atoms with Crippen molar-refractivity contribution in [2.24, 2.45) is 0 Å². The van der Waals surface area contributed by atoms with E-state index in [2.05, 4.69) is 10.3 Å². The largest absolute Gasteiger partial charge is 0.449 e. The topological polar surface area (TPSA) is 125 Å². The molecule has 132 valence electrons. The molecule has 1 rings (SSSR count). The van der Waals surface area contributed by atoms with Crippen molar-refractivity contribution in [3.8, 4) is 12.1 Å². The molecule has 0 unspecified atom stereocenters. The Hall–Kier alpha value is -3.13. The van der Waals surface area contributed by atoms with Gasteiger partial charge in [0.15, 0.2) is 6.61 Å². The molecular formula is C17H20N4O4. The Labute approximate surface area is 146 Å². The summed E-state index contributed by atoms with van der Waals surface area (Å²) in [5, 5.41) is 19.9. The average Bonchev–Trinajstić information content (AvgIpc) is 2.50. The number of alkyl carbamates (subject to hydrolysis) is 1. The molecule has 0 bridgehead atoms. The Balaban J connectivity index is 2.93. The molecule has 1 aromatic heterocycles. The Morgan fingerprint density at radius 2 is 2.04 bits per heavy atom. The molecule has 0 spiro atoms. The van der Waals surface area contributed by atoms with Crippen LogP contribution >= 0.6 is 0 Å². The van der Waals surface area contributed by atoms with Crippen LogP contribution in [-0.2, 0) is 20.7 Å². The van der Waals surface area contributed by atoms with Crippen molar-refractivity contribution in [3.05, 3.63) is 29.1 Å². The number of nitrogens with one attached hydrogen (secondary N) is 1. The minimum Gasteiger partial charge on any atom is -0.449 e. The van der Waals surface area contributed by atoms with E-state index in [1.807, 2.05) is 6.07 Å². The molecule has 1 heterocycles. The Morgan fingerprint density at radius 1 is 1.36 bits per heavy atom. The maximum Gasteiger partial charge on any atom is 0.408 e. The maximum absolute atomic E-state index is 12.1. The van der Waals surface area contributed by atoms with Gasteiger partial charge in [-0.2, -0.15) is 10.5 Å². The number of pyridine rings is 1. The van der Waals surface area contributed by atoms with Gasteiger partial charge in [0.1, 0.15) is 29.5 Å². The van der Waals surface area contributed by atoms with Gasteiger partial charge < -0.3 is 14.8 Å².